The molecule has 3 rings (SSSR count). The van der Waals surface area contributed by atoms with Crippen LogP contribution in [0.25, 0.3) is 0 Å². The number of carbonyl (C=O) groups is 1. The van der Waals surface area contributed by atoms with Gasteiger partial charge >= 0.3 is 0 Å². The Morgan fingerprint density at radius 1 is 1.21 bits per heavy atom. The predicted molar refractivity (Wildman–Crippen MR) is 108 cm³/mol. The van der Waals surface area contributed by atoms with Gasteiger partial charge in [0.15, 0.2) is 11.5 Å². The molecule has 6 heteroatoms. The van der Waals surface area contributed by atoms with Crippen LogP contribution in [0.3, 0.4) is 0 Å². The van der Waals surface area contributed by atoms with Crippen LogP contribution in [0.1, 0.15) is 42.6 Å². The van der Waals surface area contributed by atoms with Crippen LogP contribution < -0.4 is 15.2 Å². The molecule has 1 saturated heterocycles. The average molecular weight is 383 g/mol. The highest BCUT2D eigenvalue weighted by atomic mass is 16.5. The van der Waals surface area contributed by atoms with Crippen molar-refractivity contribution in [3.63, 3.8) is 0 Å². The summed E-state index contributed by atoms with van der Waals surface area (Å²) >= 11 is 0. The summed E-state index contributed by atoms with van der Waals surface area (Å²) in [7, 11) is 0. The van der Waals surface area contributed by atoms with Crippen molar-refractivity contribution in [3.05, 3.63) is 53.9 Å². The van der Waals surface area contributed by atoms with Gasteiger partial charge in [-0.1, -0.05) is 6.92 Å². The third kappa shape index (κ3) is 4.62. The van der Waals surface area contributed by atoms with Crippen LogP contribution in [0.4, 0.5) is 0 Å². The number of likely N-dealkylation sites (tertiary alicyclic amines) is 1. The average Bonchev–Trinajstić information content (AvgIpc) is 2.73. The Bertz CT molecular complexity index is 782. The molecular formula is C22H29N3O3. The third-order valence-corrected chi connectivity index (χ3v) is 5.25. The number of aromatic nitrogens is 1. The summed E-state index contributed by atoms with van der Waals surface area (Å²) in [6, 6.07) is 9.29. The minimum atomic E-state index is 0.00337. The molecule has 1 aromatic carbocycles. The van der Waals surface area contributed by atoms with Crippen molar-refractivity contribution in [2.24, 2.45) is 11.7 Å². The fraction of sp³-hybridized carbons (Fsp3) is 0.455. The van der Waals surface area contributed by atoms with Gasteiger partial charge in [0.1, 0.15) is 6.61 Å². The Labute approximate surface area is 166 Å². The number of piperidine rings is 1. The zero-order valence-corrected chi connectivity index (χ0v) is 16.6. The van der Waals surface area contributed by atoms with E-state index in [1.54, 1.807) is 24.5 Å². The number of benzene rings is 1. The number of hydrogen-bond acceptors (Lipinski definition) is 5. The van der Waals surface area contributed by atoms with Crippen LogP contribution in [0.2, 0.25) is 0 Å². The first-order chi connectivity index (χ1) is 13.6. The van der Waals surface area contributed by atoms with Gasteiger partial charge in [-0.15, -0.1) is 0 Å². The molecule has 28 heavy (non-hydrogen) atoms. The van der Waals surface area contributed by atoms with Gasteiger partial charge in [-0.3, -0.25) is 9.78 Å². The van der Waals surface area contributed by atoms with E-state index in [4.69, 9.17) is 15.2 Å². The highest BCUT2D eigenvalue weighted by Gasteiger charge is 2.31. The van der Waals surface area contributed by atoms with Crippen LogP contribution in [-0.4, -0.2) is 41.5 Å². The zero-order valence-electron chi connectivity index (χ0n) is 16.6. The van der Waals surface area contributed by atoms with E-state index in [1.807, 2.05) is 30.0 Å². The number of rotatable bonds is 7. The SMILES string of the molecule is CCOc1cc(C(=O)N2CCC[C@@H](C)[C@@H]2CN)ccc1OCc1ccncc1. The maximum Gasteiger partial charge on any atom is 0.254 e. The molecular weight excluding hydrogens is 354 g/mol. The third-order valence-electron chi connectivity index (χ3n) is 5.25. The van der Waals surface area contributed by atoms with E-state index in [0.29, 0.717) is 42.7 Å². The molecule has 0 bridgehead atoms. The second kappa shape index (κ2) is 9.55. The number of amides is 1. The Balaban J connectivity index is 1.78. The van der Waals surface area contributed by atoms with Gasteiger partial charge in [0, 0.05) is 37.1 Å². The number of hydrogen-bond donors (Lipinski definition) is 1. The predicted octanol–water partition coefficient (Wildman–Crippen LogP) is 3.26. The quantitative estimate of drug-likeness (QED) is 0.794. The Morgan fingerprint density at radius 2 is 2.00 bits per heavy atom. The van der Waals surface area contributed by atoms with Crippen molar-refractivity contribution >= 4 is 5.91 Å². The lowest BCUT2D eigenvalue weighted by atomic mass is 9.90. The van der Waals surface area contributed by atoms with Crippen molar-refractivity contribution in [1.29, 1.82) is 0 Å². The van der Waals surface area contributed by atoms with E-state index in [-0.39, 0.29) is 11.9 Å². The van der Waals surface area contributed by atoms with E-state index < -0.39 is 0 Å². The van der Waals surface area contributed by atoms with Gasteiger partial charge in [0.25, 0.3) is 5.91 Å². The molecule has 2 heterocycles. The topological polar surface area (TPSA) is 77.7 Å². The Kier molecular flexibility index (Phi) is 6.87. The second-order valence-corrected chi connectivity index (χ2v) is 7.16. The Hall–Kier alpha value is -2.60. The highest BCUT2D eigenvalue weighted by Crippen LogP contribution is 2.31. The van der Waals surface area contributed by atoms with Gasteiger partial charge in [-0.2, -0.15) is 0 Å². The lowest BCUT2D eigenvalue weighted by Crippen LogP contribution is -2.51. The lowest BCUT2D eigenvalue weighted by molar-refractivity contribution is 0.0532. The minimum absolute atomic E-state index is 0.00337. The molecule has 0 spiro atoms. The fourth-order valence-corrected chi connectivity index (χ4v) is 3.70. The number of nitrogens with zero attached hydrogens (tertiary/aromatic N) is 2. The largest absolute Gasteiger partial charge is 0.490 e. The number of pyridine rings is 1. The van der Waals surface area contributed by atoms with Crippen LogP contribution in [0.15, 0.2) is 42.7 Å². The van der Waals surface area contributed by atoms with Crippen LogP contribution >= 0.6 is 0 Å². The van der Waals surface area contributed by atoms with Crippen molar-refractivity contribution < 1.29 is 14.3 Å². The minimum Gasteiger partial charge on any atom is -0.490 e. The van der Waals surface area contributed by atoms with Gasteiger partial charge in [0.2, 0.25) is 0 Å². The van der Waals surface area contributed by atoms with E-state index >= 15 is 0 Å². The summed E-state index contributed by atoms with van der Waals surface area (Å²) in [5, 5.41) is 0. The maximum absolute atomic E-state index is 13.1. The molecule has 150 valence electrons. The van der Waals surface area contributed by atoms with Crippen LogP contribution in [0.5, 0.6) is 11.5 Å². The molecule has 1 aliphatic rings. The fourth-order valence-electron chi connectivity index (χ4n) is 3.70. The smallest absolute Gasteiger partial charge is 0.254 e. The van der Waals surface area contributed by atoms with E-state index in [2.05, 4.69) is 11.9 Å². The van der Waals surface area contributed by atoms with Crippen molar-refractivity contribution in [1.82, 2.24) is 9.88 Å². The van der Waals surface area contributed by atoms with E-state index in [0.717, 1.165) is 24.9 Å². The molecule has 0 unspecified atom stereocenters. The molecule has 1 amide bonds. The van der Waals surface area contributed by atoms with Gasteiger partial charge in [0.05, 0.1) is 6.61 Å². The molecule has 0 radical (unpaired) electrons. The van der Waals surface area contributed by atoms with Gasteiger partial charge in [-0.05, 0) is 61.6 Å². The summed E-state index contributed by atoms with van der Waals surface area (Å²) < 4.78 is 11.7. The first-order valence-electron chi connectivity index (χ1n) is 9.93. The number of carbonyl (C=O) groups excluding carboxylic acids is 1. The van der Waals surface area contributed by atoms with Crippen molar-refractivity contribution in [2.45, 2.75) is 39.3 Å². The normalized spacial score (nSPS) is 19.3. The standard InChI is InChI=1S/C22H29N3O3/c1-3-27-21-13-18(22(26)25-12-4-5-16(2)19(25)14-23)6-7-20(21)28-15-17-8-10-24-11-9-17/h6-11,13,16,19H,3-5,12,14-15,23H2,1-2H3/t16-,19+/m1/s1. The van der Waals surface area contributed by atoms with Crippen molar-refractivity contribution in [3.8, 4) is 11.5 Å². The summed E-state index contributed by atoms with van der Waals surface area (Å²) in [5.41, 5.74) is 7.58. The van der Waals surface area contributed by atoms with E-state index in [1.165, 1.54) is 0 Å². The van der Waals surface area contributed by atoms with Crippen LogP contribution in [-0.2, 0) is 6.61 Å². The molecule has 1 aromatic heterocycles. The summed E-state index contributed by atoms with van der Waals surface area (Å²) in [6.07, 6.45) is 5.58. The summed E-state index contributed by atoms with van der Waals surface area (Å²) in [5.74, 6) is 1.62. The second-order valence-electron chi connectivity index (χ2n) is 7.16. The van der Waals surface area contributed by atoms with E-state index in [9.17, 15) is 4.79 Å². The molecule has 2 N–H and O–H groups in total. The number of nitrogens with two attached hydrogens (primary N) is 1. The van der Waals surface area contributed by atoms with Gasteiger partial charge in [-0.25, -0.2) is 0 Å². The summed E-state index contributed by atoms with van der Waals surface area (Å²) in [6.45, 7) is 6.22. The zero-order chi connectivity index (χ0) is 19.9. The maximum atomic E-state index is 13.1. The van der Waals surface area contributed by atoms with Crippen LogP contribution in [0, 0.1) is 5.92 Å². The van der Waals surface area contributed by atoms with Gasteiger partial charge < -0.3 is 20.1 Å². The first kappa shape index (κ1) is 20.1. The monoisotopic (exact) mass is 383 g/mol. The Morgan fingerprint density at radius 3 is 2.71 bits per heavy atom. The van der Waals surface area contributed by atoms with Crippen molar-refractivity contribution in [2.75, 3.05) is 19.7 Å². The number of ether oxygens (including phenoxy) is 2. The molecule has 1 fully saturated rings. The molecule has 2 atom stereocenters. The summed E-state index contributed by atoms with van der Waals surface area (Å²) in [4.78, 5) is 19.1. The molecule has 0 aliphatic carbocycles. The first-order valence-corrected chi connectivity index (χ1v) is 9.93. The molecule has 1 aliphatic heterocycles. The molecule has 6 nitrogen and oxygen atoms in total. The molecule has 0 saturated carbocycles. The lowest BCUT2D eigenvalue weighted by Gasteiger charge is -2.39. The highest BCUT2D eigenvalue weighted by molar-refractivity contribution is 5.95. The molecule has 2 aromatic rings.